The Morgan fingerprint density at radius 1 is 0.511 bits per heavy atom. The van der Waals surface area contributed by atoms with Crippen LogP contribution in [0.2, 0.25) is 0 Å². The van der Waals surface area contributed by atoms with Gasteiger partial charge in [-0.2, -0.15) is 0 Å². The minimum absolute atomic E-state index is 0.261. The van der Waals surface area contributed by atoms with Gasteiger partial charge in [0.05, 0.1) is 12.2 Å². The summed E-state index contributed by atoms with van der Waals surface area (Å²) >= 11 is 0. The van der Waals surface area contributed by atoms with Crippen molar-refractivity contribution in [2.45, 2.75) is 212 Å². The molecule has 0 bridgehead atoms. The number of nitrogens with zero attached hydrogens (tertiary/aromatic N) is 1. The normalized spacial score (nSPS) is 20.4. The van der Waals surface area contributed by atoms with Gasteiger partial charge >= 0.3 is 0 Å². The molecule has 2 unspecified atom stereocenters. The van der Waals surface area contributed by atoms with Crippen LogP contribution in [0.15, 0.2) is 48.6 Å². The summed E-state index contributed by atoms with van der Waals surface area (Å²) in [7, 11) is 2.25. The third-order valence-electron chi connectivity index (χ3n) is 10.2. The fourth-order valence-corrected chi connectivity index (χ4v) is 7.22. The summed E-state index contributed by atoms with van der Waals surface area (Å²) in [5, 5.41) is 0. The lowest BCUT2D eigenvalue weighted by Crippen LogP contribution is -2.35. The maximum Gasteiger partial charge on any atom is 0.169 e. The van der Waals surface area contributed by atoms with Crippen molar-refractivity contribution < 1.29 is 9.47 Å². The second-order valence-corrected chi connectivity index (χ2v) is 14.8. The van der Waals surface area contributed by atoms with Crippen molar-refractivity contribution in [2.75, 3.05) is 20.1 Å². The molecule has 2 aliphatic rings. The molecule has 3 nitrogen and oxygen atoms in total. The molecule has 0 amide bonds. The van der Waals surface area contributed by atoms with E-state index in [1.807, 2.05) is 0 Å². The highest BCUT2D eigenvalue weighted by Crippen LogP contribution is 2.40. The summed E-state index contributed by atoms with van der Waals surface area (Å²) in [5.74, 6) is -0.321. The molecule has 2 rings (SSSR count). The van der Waals surface area contributed by atoms with Crippen molar-refractivity contribution in [1.29, 1.82) is 0 Å². The Balaban J connectivity index is 1.56. The SMILES string of the molecule is CCCCC/C=C\C/C=C\CCCCCCCCC1(CCCCCCCC/C=C\C/C=C\CCCCC)OC2CCCN(C)CC2O1. The zero-order valence-corrected chi connectivity index (χ0v) is 31.8. The Kier molecular flexibility index (Phi) is 26.6. The number of likely N-dealkylation sites (N-methyl/N-ethyl adjacent to an activating group) is 1. The van der Waals surface area contributed by atoms with Crippen molar-refractivity contribution in [3.05, 3.63) is 48.6 Å². The molecule has 2 heterocycles. The maximum absolute atomic E-state index is 6.86. The molecular formula is C44H79NO2. The summed E-state index contributed by atoms with van der Waals surface area (Å²) in [6, 6.07) is 0. The number of fused-ring (bicyclic) bond motifs is 1. The molecule has 2 aliphatic heterocycles. The first-order valence-electron chi connectivity index (χ1n) is 20.8. The lowest BCUT2D eigenvalue weighted by Gasteiger charge is -2.29. The monoisotopic (exact) mass is 654 g/mol. The van der Waals surface area contributed by atoms with E-state index in [1.165, 1.54) is 154 Å². The Bertz CT molecular complexity index is 766. The summed E-state index contributed by atoms with van der Waals surface area (Å²) in [6.45, 7) is 6.74. The smallest absolute Gasteiger partial charge is 0.169 e. The molecule has 47 heavy (non-hydrogen) atoms. The number of hydrogen-bond acceptors (Lipinski definition) is 3. The first-order chi connectivity index (χ1) is 23.2. The van der Waals surface area contributed by atoms with Crippen LogP contribution in [-0.4, -0.2) is 43.0 Å². The second kappa shape index (κ2) is 29.7. The van der Waals surface area contributed by atoms with Gasteiger partial charge in [0.1, 0.15) is 0 Å². The van der Waals surface area contributed by atoms with E-state index in [1.54, 1.807) is 0 Å². The van der Waals surface area contributed by atoms with Gasteiger partial charge in [-0.05, 0) is 103 Å². The van der Waals surface area contributed by atoms with Crippen molar-refractivity contribution in [2.24, 2.45) is 0 Å². The van der Waals surface area contributed by atoms with Gasteiger partial charge in [-0.15, -0.1) is 0 Å². The van der Waals surface area contributed by atoms with E-state index in [4.69, 9.17) is 9.47 Å². The molecule has 0 saturated carbocycles. The van der Waals surface area contributed by atoms with Gasteiger partial charge in [0.2, 0.25) is 0 Å². The topological polar surface area (TPSA) is 21.7 Å². The molecule has 2 atom stereocenters. The van der Waals surface area contributed by atoms with Gasteiger partial charge < -0.3 is 14.4 Å². The van der Waals surface area contributed by atoms with E-state index in [0.29, 0.717) is 6.10 Å². The van der Waals surface area contributed by atoms with Gasteiger partial charge in [0.25, 0.3) is 0 Å². The zero-order valence-electron chi connectivity index (χ0n) is 31.8. The van der Waals surface area contributed by atoms with E-state index in [2.05, 4.69) is 74.4 Å². The minimum Gasteiger partial charge on any atom is -0.344 e. The number of hydrogen-bond donors (Lipinski definition) is 0. The lowest BCUT2D eigenvalue weighted by molar-refractivity contribution is -0.189. The third-order valence-corrected chi connectivity index (χ3v) is 10.2. The average Bonchev–Trinajstić information content (AvgIpc) is 3.30. The van der Waals surface area contributed by atoms with Gasteiger partial charge in [-0.25, -0.2) is 0 Å². The zero-order chi connectivity index (χ0) is 33.5. The van der Waals surface area contributed by atoms with E-state index in [0.717, 1.165) is 38.6 Å². The van der Waals surface area contributed by atoms with Crippen LogP contribution in [0.3, 0.4) is 0 Å². The standard InChI is InChI=1S/C44H79NO2/c1-4-6-8-10-12-14-16-18-20-22-24-26-28-30-32-34-38-44(46-42-37-36-40-45(3)41-43(42)47-44)39-35-33-31-29-27-25-23-21-19-17-15-13-11-9-7-5-2/h12-15,18-21,42-43H,4-11,16-17,22-41H2,1-3H3/b14-12-,15-13-,20-18-,21-19-. The molecule has 0 spiro atoms. The number of likely N-dealkylation sites (tertiary alicyclic amines) is 1. The average molecular weight is 654 g/mol. The van der Waals surface area contributed by atoms with Crippen LogP contribution >= 0.6 is 0 Å². The third kappa shape index (κ3) is 22.2. The van der Waals surface area contributed by atoms with Crippen LogP contribution in [0.5, 0.6) is 0 Å². The molecule has 3 heteroatoms. The van der Waals surface area contributed by atoms with Crippen LogP contribution < -0.4 is 0 Å². The molecule has 0 aliphatic carbocycles. The summed E-state index contributed by atoms with van der Waals surface area (Å²) < 4.78 is 13.7. The fourth-order valence-electron chi connectivity index (χ4n) is 7.22. The second-order valence-electron chi connectivity index (χ2n) is 14.8. The first kappa shape index (κ1) is 42.0. The maximum atomic E-state index is 6.86. The van der Waals surface area contributed by atoms with Gasteiger partial charge in [-0.1, -0.05) is 140 Å². The van der Waals surface area contributed by atoms with Gasteiger partial charge in [0, 0.05) is 19.4 Å². The highest BCUT2D eigenvalue weighted by molar-refractivity contribution is 4.94. The largest absolute Gasteiger partial charge is 0.344 e. The number of allylic oxidation sites excluding steroid dienone is 8. The van der Waals surface area contributed by atoms with Crippen LogP contribution in [0.1, 0.15) is 194 Å². The van der Waals surface area contributed by atoms with Gasteiger partial charge in [0.15, 0.2) is 5.79 Å². The molecule has 0 aromatic heterocycles. The van der Waals surface area contributed by atoms with E-state index in [-0.39, 0.29) is 11.9 Å². The molecule has 2 saturated heterocycles. The fraction of sp³-hybridized carbons (Fsp3) is 0.818. The molecule has 0 radical (unpaired) electrons. The van der Waals surface area contributed by atoms with Crippen molar-refractivity contribution in [1.82, 2.24) is 4.90 Å². The first-order valence-corrected chi connectivity index (χ1v) is 20.8. The Morgan fingerprint density at radius 3 is 1.38 bits per heavy atom. The highest BCUT2D eigenvalue weighted by atomic mass is 16.8. The van der Waals surface area contributed by atoms with Crippen LogP contribution in [-0.2, 0) is 9.47 Å². The molecule has 2 fully saturated rings. The molecule has 0 aromatic rings. The quantitative estimate of drug-likeness (QED) is 0.0569. The Morgan fingerprint density at radius 2 is 0.915 bits per heavy atom. The van der Waals surface area contributed by atoms with Crippen LogP contribution in [0, 0.1) is 0 Å². The predicted molar refractivity (Wildman–Crippen MR) is 207 cm³/mol. The van der Waals surface area contributed by atoms with E-state index >= 15 is 0 Å². The van der Waals surface area contributed by atoms with E-state index in [9.17, 15) is 0 Å². The minimum atomic E-state index is -0.321. The summed E-state index contributed by atoms with van der Waals surface area (Å²) in [6.07, 6.45) is 55.1. The number of ether oxygens (including phenoxy) is 2. The number of rotatable bonds is 30. The molecule has 272 valence electrons. The number of unbranched alkanes of at least 4 members (excludes halogenated alkanes) is 18. The summed E-state index contributed by atoms with van der Waals surface area (Å²) in [4.78, 5) is 2.45. The van der Waals surface area contributed by atoms with Crippen molar-refractivity contribution >= 4 is 0 Å². The molecule has 0 N–H and O–H groups in total. The molecule has 0 aromatic carbocycles. The van der Waals surface area contributed by atoms with Crippen LogP contribution in [0.4, 0.5) is 0 Å². The Hall–Kier alpha value is -1.16. The highest BCUT2D eigenvalue weighted by Gasteiger charge is 2.47. The predicted octanol–water partition coefficient (Wildman–Crippen LogP) is 13.6. The summed E-state index contributed by atoms with van der Waals surface area (Å²) in [5.41, 5.74) is 0. The lowest BCUT2D eigenvalue weighted by atomic mass is 9.98. The van der Waals surface area contributed by atoms with Crippen molar-refractivity contribution in [3.63, 3.8) is 0 Å². The Labute approximate surface area is 294 Å². The van der Waals surface area contributed by atoms with Crippen LogP contribution in [0.25, 0.3) is 0 Å². The van der Waals surface area contributed by atoms with E-state index < -0.39 is 0 Å². The van der Waals surface area contributed by atoms with Crippen molar-refractivity contribution in [3.8, 4) is 0 Å². The molecular weight excluding hydrogens is 574 g/mol. The van der Waals surface area contributed by atoms with Gasteiger partial charge in [-0.3, -0.25) is 0 Å².